The number of ether oxygens (including phenoxy) is 1. The van der Waals surface area contributed by atoms with Crippen molar-refractivity contribution in [1.29, 1.82) is 0 Å². The van der Waals surface area contributed by atoms with Crippen molar-refractivity contribution in [3.63, 3.8) is 0 Å². The van der Waals surface area contributed by atoms with E-state index in [2.05, 4.69) is 15.6 Å². The number of benzene rings is 1. The first kappa shape index (κ1) is 22.8. The standard InChI is InChI=1S/C22H22Cl2FN3O4/c23-13-1-4-17(26-11-13)20(31)28-21-5-7-22(8-6-21,18(29)10-21)27-19(30)12-32-14-2-3-15(24)16(25)9-14/h1-4,9,11,18,29H,5-8,10,12H2,(H,27,30)(H,28,31)/t18-,21?,22?/m1/s1. The molecule has 1 heterocycles. The van der Waals surface area contributed by atoms with Gasteiger partial charge in [-0.3, -0.25) is 9.59 Å². The highest BCUT2D eigenvalue weighted by molar-refractivity contribution is 6.30. The summed E-state index contributed by atoms with van der Waals surface area (Å²) < 4.78 is 18.9. The molecule has 1 aromatic heterocycles. The maximum atomic E-state index is 13.5. The maximum Gasteiger partial charge on any atom is 0.270 e. The molecule has 2 aromatic rings. The zero-order valence-corrected chi connectivity index (χ0v) is 18.5. The van der Waals surface area contributed by atoms with Crippen molar-refractivity contribution >= 4 is 35.0 Å². The number of rotatable bonds is 6. The van der Waals surface area contributed by atoms with Crippen LogP contribution in [0.4, 0.5) is 4.39 Å². The Bertz CT molecular complexity index is 1030. The fourth-order valence-corrected chi connectivity index (χ4v) is 4.74. The molecule has 0 spiro atoms. The second kappa shape index (κ2) is 8.84. The summed E-state index contributed by atoms with van der Waals surface area (Å²) in [7, 11) is 0. The molecule has 0 unspecified atom stereocenters. The first-order chi connectivity index (χ1) is 15.2. The number of halogens is 3. The summed E-state index contributed by atoms with van der Waals surface area (Å²) in [5.41, 5.74) is -1.08. The van der Waals surface area contributed by atoms with Gasteiger partial charge in [0, 0.05) is 17.8 Å². The van der Waals surface area contributed by atoms with E-state index in [-0.39, 0.29) is 29.0 Å². The van der Waals surface area contributed by atoms with E-state index in [1.54, 1.807) is 12.1 Å². The third kappa shape index (κ3) is 4.67. The minimum absolute atomic E-state index is 0.0318. The first-order valence-electron chi connectivity index (χ1n) is 10.2. The van der Waals surface area contributed by atoms with E-state index in [1.165, 1.54) is 18.3 Å². The Morgan fingerprint density at radius 2 is 1.91 bits per heavy atom. The predicted molar refractivity (Wildman–Crippen MR) is 116 cm³/mol. The average Bonchev–Trinajstić information content (AvgIpc) is 2.76. The Morgan fingerprint density at radius 1 is 1.16 bits per heavy atom. The lowest BCUT2D eigenvalue weighted by atomic mass is 9.60. The van der Waals surface area contributed by atoms with Crippen LogP contribution in [0.3, 0.4) is 0 Å². The van der Waals surface area contributed by atoms with E-state index in [1.807, 2.05) is 0 Å². The van der Waals surface area contributed by atoms with Gasteiger partial charge in [-0.05, 0) is 56.4 Å². The minimum atomic E-state index is -0.833. The molecule has 0 radical (unpaired) electrons. The molecule has 1 aromatic carbocycles. The third-order valence-electron chi connectivity index (χ3n) is 6.31. The van der Waals surface area contributed by atoms with Gasteiger partial charge in [0.1, 0.15) is 17.3 Å². The molecule has 5 rings (SSSR count). The van der Waals surface area contributed by atoms with Crippen molar-refractivity contribution in [1.82, 2.24) is 15.6 Å². The maximum absolute atomic E-state index is 13.5. The van der Waals surface area contributed by atoms with Crippen LogP contribution in [-0.2, 0) is 4.79 Å². The molecule has 0 aliphatic heterocycles. The summed E-state index contributed by atoms with van der Waals surface area (Å²) in [6.07, 6.45) is 3.11. The molecule has 2 bridgehead atoms. The number of aromatic nitrogens is 1. The van der Waals surface area contributed by atoms with Crippen LogP contribution in [-0.4, -0.2) is 45.7 Å². The molecule has 3 fully saturated rings. The molecule has 1 atom stereocenters. The molecule has 0 saturated heterocycles. The highest BCUT2D eigenvalue weighted by Crippen LogP contribution is 2.47. The Hall–Kier alpha value is -2.42. The number of aliphatic hydroxyl groups is 1. The van der Waals surface area contributed by atoms with Crippen molar-refractivity contribution < 1.29 is 23.8 Å². The van der Waals surface area contributed by atoms with Gasteiger partial charge in [-0.1, -0.05) is 23.2 Å². The lowest BCUT2D eigenvalue weighted by Gasteiger charge is -2.56. The van der Waals surface area contributed by atoms with Gasteiger partial charge >= 0.3 is 0 Å². The second-order valence-electron chi connectivity index (χ2n) is 8.38. The van der Waals surface area contributed by atoms with E-state index in [4.69, 9.17) is 27.9 Å². The van der Waals surface area contributed by atoms with Crippen molar-refractivity contribution in [3.8, 4) is 5.75 Å². The largest absolute Gasteiger partial charge is 0.484 e. The quantitative estimate of drug-likeness (QED) is 0.587. The number of amides is 2. The molecular weight excluding hydrogens is 460 g/mol. The fraction of sp³-hybridized carbons (Fsp3) is 0.409. The summed E-state index contributed by atoms with van der Waals surface area (Å²) in [6.45, 7) is -0.320. The normalized spacial score (nSPS) is 26.4. The van der Waals surface area contributed by atoms with E-state index in [0.29, 0.717) is 37.1 Å². The molecule has 2 amide bonds. The van der Waals surface area contributed by atoms with Crippen molar-refractivity contribution in [2.45, 2.75) is 49.3 Å². The monoisotopic (exact) mass is 481 g/mol. The van der Waals surface area contributed by atoms with Crippen LogP contribution in [0.1, 0.15) is 42.6 Å². The summed E-state index contributed by atoms with van der Waals surface area (Å²) >= 11 is 11.5. The predicted octanol–water partition coefficient (Wildman–Crippen LogP) is 3.27. The van der Waals surface area contributed by atoms with E-state index >= 15 is 0 Å². The Labute approximate surface area is 194 Å². The smallest absolute Gasteiger partial charge is 0.270 e. The highest BCUT2D eigenvalue weighted by Gasteiger charge is 2.55. The van der Waals surface area contributed by atoms with Crippen LogP contribution >= 0.6 is 23.2 Å². The third-order valence-corrected chi connectivity index (χ3v) is 6.84. The number of aliphatic hydroxyl groups excluding tert-OH is 1. The first-order valence-corrected chi connectivity index (χ1v) is 11.0. The zero-order chi connectivity index (χ0) is 22.9. The van der Waals surface area contributed by atoms with Gasteiger partial charge in [-0.25, -0.2) is 9.37 Å². The number of carbonyl (C=O) groups is 2. The molecule has 3 saturated carbocycles. The number of fused-ring (bicyclic) bond motifs is 3. The van der Waals surface area contributed by atoms with Crippen molar-refractivity contribution in [3.05, 3.63) is 58.1 Å². The summed E-state index contributed by atoms with van der Waals surface area (Å²) in [6, 6.07) is 7.07. The van der Waals surface area contributed by atoms with Gasteiger partial charge in [0.25, 0.3) is 11.8 Å². The fourth-order valence-electron chi connectivity index (χ4n) is 4.51. The van der Waals surface area contributed by atoms with Crippen LogP contribution < -0.4 is 15.4 Å². The van der Waals surface area contributed by atoms with Crippen LogP contribution in [0.5, 0.6) is 5.75 Å². The topological polar surface area (TPSA) is 101 Å². The molecule has 3 aliphatic carbocycles. The van der Waals surface area contributed by atoms with E-state index in [0.717, 1.165) is 6.07 Å². The number of carbonyl (C=O) groups excluding carboxylic acids is 2. The highest BCUT2D eigenvalue weighted by atomic mass is 35.5. The molecule has 7 nitrogen and oxygen atoms in total. The number of pyridine rings is 1. The molecule has 3 aliphatic rings. The number of hydrogen-bond acceptors (Lipinski definition) is 5. The van der Waals surface area contributed by atoms with Crippen LogP contribution in [0, 0.1) is 5.82 Å². The molecule has 170 valence electrons. The van der Waals surface area contributed by atoms with Gasteiger partial charge < -0.3 is 20.5 Å². The number of hydrogen-bond donors (Lipinski definition) is 3. The van der Waals surface area contributed by atoms with Crippen molar-refractivity contribution in [2.75, 3.05) is 6.61 Å². The van der Waals surface area contributed by atoms with Gasteiger partial charge in [0.2, 0.25) is 0 Å². The molecule has 32 heavy (non-hydrogen) atoms. The van der Waals surface area contributed by atoms with E-state index in [9.17, 15) is 19.1 Å². The van der Waals surface area contributed by atoms with Crippen molar-refractivity contribution in [2.24, 2.45) is 0 Å². The number of nitrogens with one attached hydrogen (secondary N) is 2. The van der Waals surface area contributed by atoms with Crippen LogP contribution in [0.25, 0.3) is 0 Å². The van der Waals surface area contributed by atoms with Gasteiger partial charge in [0.15, 0.2) is 6.61 Å². The summed E-state index contributed by atoms with van der Waals surface area (Å²) in [5.74, 6) is -1.19. The lowest BCUT2D eigenvalue weighted by molar-refractivity contribution is -0.132. The van der Waals surface area contributed by atoms with Gasteiger partial charge in [-0.15, -0.1) is 0 Å². The molecule has 3 N–H and O–H groups in total. The summed E-state index contributed by atoms with van der Waals surface area (Å²) in [4.78, 5) is 29.1. The van der Waals surface area contributed by atoms with Crippen LogP contribution in [0.2, 0.25) is 10.0 Å². The molecule has 10 heteroatoms. The second-order valence-corrected chi connectivity index (χ2v) is 9.23. The number of nitrogens with zero attached hydrogens (tertiary/aromatic N) is 1. The van der Waals surface area contributed by atoms with Gasteiger partial charge in [0.05, 0.1) is 21.7 Å². The lowest BCUT2D eigenvalue weighted by Crippen LogP contribution is -2.70. The van der Waals surface area contributed by atoms with E-state index < -0.39 is 28.9 Å². The zero-order valence-electron chi connectivity index (χ0n) is 17.0. The Morgan fingerprint density at radius 3 is 2.53 bits per heavy atom. The Kier molecular flexibility index (Phi) is 6.29. The summed E-state index contributed by atoms with van der Waals surface area (Å²) in [5, 5.41) is 17.2. The molecular formula is C22H22Cl2FN3O4. The van der Waals surface area contributed by atoms with Gasteiger partial charge in [-0.2, -0.15) is 0 Å². The minimum Gasteiger partial charge on any atom is -0.484 e. The SMILES string of the molecule is O=C(COc1ccc(Cl)c(F)c1)NC12CCC(NC(=O)c3ccc(Cl)cn3)(CC1)C[C@H]2O. The average molecular weight is 482 g/mol. The Balaban J connectivity index is 1.34. The van der Waals surface area contributed by atoms with Crippen LogP contribution in [0.15, 0.2) is 36.5 Å².